The van der Waals surface area contributed by atoms with Crippen molar-refractivity contribution in [3.05, 3.63) is 233 Å². The van der Waals surface area contributed by atoms with E-state index in [9.17, 15) is 29.1 Å². The second kappa shape index (κ2) is 23.1. The van der Waals surface area contributed by atoms with Gasteiger partial charge in [0, 0.05) is 31.5 Å². The van der Waals surface area contributed by atoms with E-state index < -0.39 is 5.91 Å². The predicted molar refractivity (Wildman–Crippen MR) is 298 cm³/mol. The van der Waals surface area contributed by atoms with Gasteiger partial charge < -0.3 is 56.2 Å². The molecule has 5 amide bonds. The molecular formula is C57H43Br3N6O12. The first kappa shape index (κ1) is 53.9. The Morgan fingerprint density at radius 1 is 0.487 bits per heavy atom. The Hall–Kier alpha value is -8.92. The molecule has 7 aromatic heterocycles. The fraction of sp³-hybridized carbons (Fsp3) is 0.0877. The smallest absolute Gasteiger partial charge is 0.280 e. The maximum Gasteiger partial charge on any atom is 0.280 e. The van der Waals surface area contributed by atoms with Crippen molar-refractivity contribution < 1.29 is 55.6 Å². The predicted octanol–water partition coefficient (Wildman–Crippen LogP) is 11.8. The van der Waals surface area contributed by atoms with Gasteiger partial charge in [-0.2, -0.15) is 0 Å². The number of carbonyl (C=O) groups excluding carboxylic acids is 5. The van der Waals surface area contributed by atoms with E-state index in [1.807, 2.05) is 0 Å². The summed E-state index contributed by atoms with van der Waals surface area (Å²) in [5.74, 6) is 0.900. The van der Waals surface area contributed by atoms with Crippen LogP contribution >= 0.6 is 47.8 Å². The summed E-state index contributed by atoms with van der Waals surface area (Å²) in [6, 6.07) is 20.5. The third-order valence-electron chi connectivity index (χ3n) is 12.0. The lowest BCUT2D eigenvalue weighted by molar-refractivity contribution is -0.123. The number of carbonyl (C=O) groups is 5. The van der Waals surface area contributed by atoms with E-state index in [1.54, 1.807) is 103 Å². The Morgan fingerprint density at radius 3 is 1.14 bits per heavy atom. The van der Waals surface area contributed by atoms with E-state index in [-0.39, 0.29) is 66.8 Å². The van der Waals surface area contributed by atoms with Gasteiger partial charge in [-0.05, 0) is 105 Å². The molecule has 394 valence electrons. The average molecular weight is 1240 g/mol. The van der Waals surface area contributed by atoms with Crippen molar-refractivity contribution in [2.45, 2.75) is 0 Å². The quantitative estimate of drug-likeness (QED) is 0.0722. The van der Waals surface area contributed by atoms with Crippen LogP contribution in [0.15, 0.2) is 224 Å². The van der Waals surface area contributed by atoms with Gasteiger partial charge in [0.05, 0.1) is 64.2 Å². The summed E-state index contributed by atoms with van der Waals surface area (Å²) in [5.41, 5.74) is 4.34. The summed E-state index contributed by atoms with van der Waals surface area (Å²) in [4.78, 5) is 77.8. The van der Waals surface area contributed by atoms with E-state index in [0.29, 0.717) is 100 Å². The molecule has 12 heterocycles. The molecule has 0 saturated heterocycles. The van der Waals surface area contributed by atoms with Crippen LogP contribution < -0.4 is 0 Å². The van der Waals surface area contributed by atoms with E-state index in [2.05, 4.69) is 90.7 Å². The lowest BCUT2D eigenvalue weighted by Gasteiger charge is -2.21. The third-order valence-corrected chi connectivity index (χ3v) is 13.3. The molecule has 5 aliphatic rings. The Bertz CT molecular complexity index is 3540. The van der Waals surface area contributed by atoms with Crippen molar-refractivity contribution in [3.63, 3.8) is 0 Å². The van der Waals surface area contributed by atoms with E-state index in [1.165, 1.54) is 44.7 Å². The van der Waals surface area contributed by atoms with Crippen LogP contribution in [0.2, 0.25) is 0 Å². The summed E-state index contributed by atoms with van der Waals surface area (Å²) in [6.07, 6.45) is 14.2. The molecule has 18 nitrogen and oxygen atoms in total. The minimum Gasteiger partial charge on any atom is -0.494 e. The molecule has 0 aliphatic carbocycles. The minimum absolute atomic E-state index is 0.132. The number of fused-ring (bicyclic) bond motifs is 3. The van der Waals surface area contributed by atoms with Gasteiger partial charge in [0.2, 0.25) is 0 Å². The van der Waals surface area contributed by atoms with Crippen molar-refractivity contribution in [2.75, 3.05) is 31.5 Å². The van der Waals surface area contributed by atoms with Gasteiger partial charge >= 0.3 is 0 Å². The highest BCUT2D eigenvalue weighted by atomic mass is 79.9. The number of rotatable bonds is 15. The van der Waals surface area contributed by atoms with Crippen LogP contribution in [0.25, 0.3) is 34.2 Å². The molecule has 0 bridgehead atoms. The first-order valence-corrected chi connectivity index (χ1v) is 26.1. The number of aromatic hydroxyl groups is 1. The maximum atomic E-state index is 13.3. The normalized spacial score (nSPS) is 15.3. The molecule has 0 saturated carbocycles. The molecule has 78 heavy (non-hydrogen) atoms. The molecule has 12 rings (SSSR count). The first-order chi connectivity index (χ1) is 37.8. The summed E-state index contributed by atoms with van der Waals surface area (Å²) in [5, 5.41) is 11.0. The highest BCUT2D eigenvalue weighted by Gasteiger charge is 2.51. The third kappa shape index (κ3) is 9.67. The monoisotopic (exact) mass is 1240 g/mol. The molecule has 0 atom stereocenters. The van der Waals surface area contributed by atoms with Crippen LogP contribution in [-0.2, 0) is 19.2 Å². The zero-order valence-electron chi connectivity index (χ0n) is 41.0. The highest BCUT2D eigenvalue weighted by Crippen LogP contribution is 2.49. The number of hydrogen-bond acceptors (Lipinski definition) is 12. The molecule has 0 radical (unpaired) electrons. The lowest BCUT2D eigenvalue weighted by Crippen LogP contribution is -2.29. The number of H-pyrrole nitrogens is 1. The Labute approximate surface area is 469 Å². The van der Waals surface area contributed by atoms with Gasteiger partial charge in [0.25, 0.3) is 29.5 Å². The fourth-order valence-electron chi connectivity index (χ4n) is 9.08. The topological polar surface area (TPSA) is 226 Å². The van der Waals surface area contributed by atoms with Crippen LogP contribution in [-0.4, -0.2) is 96.4 Å². The average Bonchev–Trinajstić information content (AvgIpc) is 4.45. The first-order valence-electron chi connectivity index (χ1n) is 23.4. The standard InChI is InChI=1S/C20H14Br2N2O4.C20H16N2O4.C14H8N2O4.C3H5Br/c1-3-9-23-17(11-5-7-13(21)27-11)15-16(19(23)25)18(12-6-8-14(22)28-12)24(10-4-2)20(15)26;1-3-9-21-17(13-7-5-11-25-13)15-16(19(21)23)18(14-8-6-12-26-14)22(10-4-2)20(15)24;17-13-9-10(12(16-13)8-4-2-6-20-8)14(18)15-11(9)7-3-1-5-19-7;1-2-3-4/h3-8H,1-2,9-10H2;3-8,11-12H,1-2,9-10H2;1-6,15,18H;2H,1,3H2. The SMILES string of the molecule is C=CCBr.C=CCN1C(=O)C2=C(c3ccc(Br)o3)N(CC=C)C(=O)C2=C1c1ccc(Br)o1.C=CCN1C(=O)C2=C(c3ccco3)N(CC=C)C(=O)C2=C1c1ccco1.O=C1N=C(c2ccco2)c2c(O)[nH]c(-c3ccco3)c21. The summed E-state index contributed by atoms with van der Waals surface area (Å²) < 4.78 is 33.9. The molecule has 7 aromatic rings. The molecular weight excluding hydrogens is 1200 g/mol. The van der Waals surface area contributed by atoms with Crippen molar-refractivity contribution in [1.29, 1.82) is 0 Å². The van der Waals surface area contributed by atoms with Crippen LogP contribution in [0.1, 0.15) is 44.7 Å². The number of furan rings is 6. The number of aromatic nitrogens is 1. The van der Waals surface area contributed by atoms with Gasteiger partial charge in [0.15, 0.2) is 49.8 Å². The molecule has 2 N–H and O–H groups in total. The van der Waals surface area contributed by atoms with Crippen LogP contribution in [0.5, 0.6) is 5.88 Å². The highest BCUT2D eigenvalue weighted by molar-refractivity contribution is 9.10. The Kier molecular flexibility index (Phi) is 16.0. The molecule has 0 spiro atoms. The van der Waals surface area contributed by atoms with Gasteiger partial charge in [0.1, 0.15) is 28.5 Å². The number of nitrogens with one attached hydrogen (secondary N) is 1. The van der Waals surface area contributed by atoms with Gasteiger partial charge in [-0.1, -0.05) is 46.3 Å². The fourth-order valence-corrected chi connectivity index (χ4v) is 9.70. The van der Waals surface area contributed by atoms with Crippen LogP contribution in [0.4, 0.5) is 0 Å². The Balaban J connectivity index is 0.000000139. The van der Waals surface area contributed by atoms with Crippen LogP contribution in [0, 0.1) is 0 Å². The number of nitrogens with zero attached hydrogens (tertiary/aromatic N) is 5. The Morgan fingerprint density at radius 2 is 0.833 bits per heavy atom. The number of aromatic amines is 1. The lowest BCUT2D eigenvalue weighted by atomic mass is 10.1. The summed E-state index contributed by atoms with van der Waals surface area (Å²) in [6.45, 7) is 19.3. The van der Waals surface area contributed by atoms with Crippen molar-refractivity contribution >= 4 is 106 Å². The van der Waals surface area contributed by atoms with Gasteiger partial charge in [-0.3, -0.25) is 24.0 Å². The van der Waals surface area contributed by atoms with E-state index in [4.69, 9.17) is 26.5 Å². The number of amides is 5. The summed E-state index contributed by atoms with van der Waals surface area (Å²) >= 11 is 9.68. The van der Waals surface area contributed by atoms with Crippen LogP contribution in [0.3, 0.4) is 0 Å². The van der Waals surface area contributed by atoms with Crippen molar-refractivity contribution in [1.82, 2.24) is 24.6 Å². The maximum absolute atomic E-state index is 13.3. The molecule has 0 unspecified atom stereocenters. The number of alkyl halides is 1. The molecule has 0 fully saturated rings. The number of halogens is 3. The van der Waals surface area contributed by atoms with Gasteiger partial charge in [-0.25, -0.2) is 4.99 Å². The molecule has 5 aliphatic heterocycles. The minimum atomic E-state index is -0.436. The number of hydrogen-bond donors (Lipinski definition) is 2. The molecule has 21 heteroatoms. The molecule has 0 aromatic carbocycles. The number of aliphatic imine (C=N–C) groups is 1. The second-order valence-electron chi connectivity index (χ2n) is 16.6. The van der Waals surface area contributed by atoms with Gasteiger partial charge in [-0.15, -0.1) is 32.9 Å². The number of allylic oxidation sites excluding steroid dienone is 1. The summed E-state index contributed by atoms with van der Waals surface area (Å²) in [7, 11) is 0. The van der Waals surface area contributed by atoms with Crippen molar-refractivity contribution in [2.24, 2.45) is 4.99 Å². The largest absolute Gasteiger partial charge is 0.494 e. The van der Waals surface area contributed by atoms with E-state index >= 15 is 0 Å². The van der Waals surface area contributed by atoms with E-state index in [0.717, 1.165) is 5.33 Å². The zero-order chi connectivity index (χ0) is 55.4. The zero-order valence-corrected chi connectivity index (χ0v) is 45.8. The second-order valence-corrected chi connectivity index (χ2v) is 18.8. The van der Waals surface area contributed by atoms with Crippen molar-refractivity contribution in [3.8, 4) is 17.3 Å².